The Morgan fingerprint density at radius 3 is 1.12 bits per heavy atom. The highest BCUT2D eigenvalue weighted by atomic mass is 16.3. The molecule has 284 valence electrons. The number of anilines is 6. The number of aryl methyl sites for hydroxylation is 2. The van der Waals surface area contributed by atoms with Gasteiger partial charge in [0.05, 0.1) is 11.4 Å². The van der Waals surface area contributed by atoms with Crippen molar-refractivity contribution in [1.82, 2.24) is 0 Å². The highest BCUT2D eigenvalue weighted by Gasteiger charge is 2.27. The SMILES string of the molecule is Cc1cccc(N(c2ccc3oc4ccccc4c3c2)c2c3ccccc3c(N(c3cccc(C)c3)c3ccc4oc5ccccc5c4c3)c3cc4ccccc4cc23)c1. The Balaban J connectivity index is 1.22. The van der Waals surface area contributed by atoms with E-state index in [4.69, 9.17) is 8.83 Å². The standard InChI is InChI=1S/C56H38N2O2/c1-35-13-11-17-39(29-35)57(41-25-27-53-47(33-41)43-19-7-9-23-51(43)59-53)55-45-21-5-6-22-46(45)56(50-32-38-16-4-3-15-37(38)31-49(50)55)58(40-18-12-14-36(2)30-40)42-26-28-54-48(34-42)44-20-8-10-24-52(44)60-54/h3-34H,1-2H3. The predicted octanol–water partition coefficient (Wildman–Crippen LogP) is 16.5. The van der Waals surface area contributed by atoms with E-state index in [0.717, 1.165) is 99.5 Å². The van der Waals surface area contributed by atoms with Crippen molar-refractivity contribution in [3.05, 3.63) is 205 Å². The molecule has 12 rings (SSSR count). The van der Waals surface area contributed by atoms with E-state index in [-0.39, 0.29) is 0 Å². The van der Waals surface area contributed by atoms with Crippen molar-refractivity contribution in [2.24, 2.45) is 0 Å². The molecule has 0 fully saturated rings. The first-order chi connectivity index (χ1) is 29.6. The normalized spacial score (nSPS) is 11.8. The van der Waals surface area contributed by atoms with Gasteiger partial charge in [-0.3, -0.25) is 0 Å². The highest BCUT2D eigenvalue weighted by molar-refractivity contribution is 6.26. The summed E-state index contributed by atoms with van der Waals surface area (Å²) >= 11 is 0. The summed E-state index contributed by atoms with van der Waals surface area (Å²) in [7, 11) is 0. The molecule has 12 aromatic rings. The smallest absolute Gasteiger partial charge is 0.135 e. The largest absolute Gasteiger partial charge is 0.456 e. The van der Waals surface area contributed by atoms with E-state index in [9.17, 15) is 0 Å². The Kier molecular flexibility index (Phi) is 7.63. The molecule has 4 heteroatoms. The Morgan fingerprint density at radius 2 is 0.667 bits per heavy atom. The first-order valence-corrected chi connectivity index (χ1v) is 20.5. The van der Waals surface area contributed by atoms with Gasteiger partial charge in [0.2, 0.25) is 0 Å². The Hall–Kier alpha value is -7.82. The lowest BCUT2D eigenvalue weighted by Gasteiger charge is -2.33. The maximum atomic E-state index is 6.36. The molecule has 0 saturated heterocycles. The molecule has 2 aromatic heterocycles. The van der Waals surface area contributed by atoms with Crippen molar-refractivity contribution in [2.45, 2.75) is 13.8 Å². The molecule has 0 bridgehead atoms. The molecule has 0 N–H and O–H groups in total. The van der Waals surface area contributed by atoms with Crippen LogP contribution in [-0.4, -0.2) is 0 Å². The van der Waals surface area contributed by atoms with Crippen LogP contribution in [0.25, 0.3) is 76.2 Å². The molecular weight excluding hydrogens is 733 g/mol. The zero-order chi connectivity index (χ0) is 39.9. The lowest BCUT2D eigenvalue weighted by molar-refractivity contribution is 0.668. The fourth-order valence-electron chi connectivity index (χ4n) is 9.36. The molecular formula is C56H38N2O2. The molecule has 0 atom stereocenters. The summed E-state index contributed by atoms with van der Waals surface area (Å²) in [4.78, 5) is 4.91. The van der Waals surface area contributed by atoms with Crippen molar-refractivity contribution in [1.29, 1.82) is 0 Å². The van der Waals surface area contributed by atoms with Crippen LogP contribution >= 0.6 is 0 Å². The Labute approximate surface area is 346 Å². The Bertz CT molecular complexity index is 3430. The topological polar surface area (TPSA) is 32.8 Å². The van der Waals surface area contributed by atoms with Gasteiger partial charge in [0.25, 0.3) is 0 Å². The number of nitrogens with zero attached hydrogens (tertiary/aromatic N) is 2. The first kappa shape index (κ1) is 34.2. The molecule has 0 aliphatic rings. The maximum absolute atomic E-state index is 6.36. The number of hydrogen-bond donors (Lipinski definition) is 0. The van der Waals surface area contributed by atoms with Crippen LogP contribution in [0, 0.1) is 13.8 Å². The minimum Gasteiger partial charge on any atom is -0.456 e. The van der Waals surface area contributed by atoms with Gasteiger partial charge in [-0.05, 0) is 121 Å². The van der Waals surface area contributed by atoms with E-state index in [2.05, 4.69) is 194 Å². The van der Waals surface area contributed by atoms with E-state index in [1.807, 2.05) is 24.3 Å². The van der Waals surface area contributed by atoms with Crippen molar-refractivity contribution < 1.29 is 8.83 Å². The molecule has 0 radical (unpaired) electrons. The second-order valence-electron chi connectivity index (χ2n) is 15.9. The van der Waals surface area contributed by atoms with Gasteiger partial charge in [-0.1, -0.05) is 109 Å². The summed E-state index contributed by atoms with van der Waals surface area (Å²) in [5.41, 5.74) is 12.4. The third-order valence-corrected chi connectivity index (χ3v) is 12.0. The highest BCUT2D eigenvalue weighted by Crippen LogP contribution is 2.52. The average molecular weight is 771 g/mol. The molecule has 0 unspecified atom stereocenters. The second kappa shape index (κ2) is 13.4. The fraction of sp³-hybridized carbons (Fsp3) is 0.0357. The number of para-hydroxylation sites is 2. The van der Waals surface area contributed by atoms with Gasteiger partial charge >= 0.3 is 0 Å². The van der Waals surface area contributed by atoms with Gasteiger partial charge < -0.3 is 18.6 Å². The lowest BCUT2D eigenvalue weighted by atomic mass is 9.93. The molecule has 2 heterocycles. The van der Waals surface area contributed by atoms with Crippen LogP contribution in [0.1, 0.15) is 11.1 Å². The number of furan rings is 2. The summed E-state index contributed by atoms with van der Waals surface area (Å²) in [6, 6.07) is 70.0. The van der Waals surface area contributed by atoms with Crippen molar-refractivity contribution in [2.75, 3.05) is 9.80 Å². The maximum Gasteiger partial charge on any atom is 0.135 e. The van der Waals surface area contributed by atoms with Gasteiger partial charge in [0.15, 0.2) is 0 Å². The van der Waals surface area contributed by atoms with Crippen LogP contribution in [0.2, 0.25) is 0 Å². The minimum atomic E-state index is 0.872. The zero-order valence-electron chi connectivity index (χ0n) is 33.2. The number of rotatable bonds is 6. The van der Waals surface area contributed by atoms with Crippen LogP contribution in [-0.2, 0) is 0 Å². The van der Waals surface area contributed by atoms with E-state index in [0.29, 0.717) is 0 Å². The molecule has 4 nitrogen and oxygen atoms in total. The number of hydrogen-bond acceptors (Lipinski definition) is 4. The van der Waals surface area contributed by atoms with Crippen LogP contribution in [0.3, 0.4) is 0 Å². The Morgan fingerprint density at radius 1 is 0.283 bits per heavy atom. The van der Waals surface area contributed by atoms with Gasteiger partial charge in [-0.25, -0.2) is 0 Å². The van der Waals surface area contributed by atoms with Crippen LogP contribution in [0.15, 0.2) is 203 Å². The summed E-state index contributed by atoms with van der Waals surface area (Å²) < 4.78 is 12.7. The molecule has 10 aromatic carbocycles. The summed E-state index contributed by atoms with van der Waals surface area (Å²) in [5, 5.41) is 11.3. The second-order valence-corrected chi connectivity index (χ2v) is 15.9. The molecule has 0 aliphatic heterocycles. The number of benzene rings is 10. The minimum absolute atomic E-state index is 0.872. The van der Waals surface area contributed by atoms with Crippen molar-refractivity contribution >= 4 is 110 Å². The third-order valence-electron chi connectivity index (χ3n) is 12.0. The lowest BCUT2D eigenvalue weighted by Crippen LogP contribution is -2.15. The van der Waals surface area contributed by atoms with Gasteiger partial charge in [0, 0.05) is 65.8 Å². The van der Waals surface area contributed by atoms with Gasteiger partial charge in [-0.2, -0.15) is 0 Å². The summed E-state index contributed by atoms with van der Waals surface area (Å²) in [6.07, 6.45) is 0. The molecule has 0 aliphatic carbocycles. The molecule has 0 saturated carbocycles. The average Bonchev–Trinajstić information content (AvgIpc) is 3.85. The van der Waals surface area contributed by atoms with Crippen LogP contribution in [0.5, 0.6) is 0 Å². The number of fused-ring (bicyclic) bond motifs is 9. The first-order valence-electron chi connectivity index (χ1n) is 20.5. The molecule has 60 heavy (non-hydrogen) atoms. The van der Waals surface area contributed by atoms with Gasteiger partial charge in [0.1, 0.15) is 22.3 Å². The van der Waals surface area contributed by atoms with E-state index in [1.165, 1.54) is 21.9 Å². The van der Waals surface area contributed by atoms with E-state index < -0.39 is 0 Å². The monoisotopic (exact) mass is 770 g/mol. The van der Waals surface area contributed by atoms with Gasteiger partial charge in [-0.15, -0.1) is 0 Å². The fourth-order valence-corrected chi connectivity index (χ4v) is 9.36. The predicted molar refractivity (Wildman–Crippen MR) is 252 cm³/mol. The third kappa shape index (κ3) is 5.38. The quantitative estimate of drug-likeness (QED) is 0.125. The van der Waals surface area contributed by atoms with Crippen LogP contribution in [0.4, 0.5) is 34.1 Å². The van der Waals surface area contributed by atoms with Crippen LogP contribution < -0.4 is 9.80 Å². The van der Waals surface area contributed by atoms with E-state index in [1.54, 1.807) is 0 Å². The summed E-state index contributed by atoms with van der Waals surface area (Å²) in [6.45, 7) is 4.34. The molecule has 0 amide bonds. The van der Waals surface area contributed by atoms with Crippen molar-refractivity contribution in [3.8, 4) is 0 Å². The molecule has 0 spiro atoms. The van der Waals surface area contributed by atoms with E-state index >= 15 is 0 Å². The summed E-state index contributed by atoms with van der Waals surface area (Å²) in [5.74, 6) is 0. The van der Waals surface area contributed by atoms with Crippen molar-refractivity contribution in [3.63, 3.8) is 0 Å². The zero-order valence-corrected chi connectivity index (χ0v) is 33.2.